The molecule has 0 fully saturated rings. The van der Waals surface area contributed by atoms with Crippen LogP contribution in [0.3, 0.4) is 0 Å². The Bertz CT molecular complexity index is 537. The summed E-state index contributed by atoms with van der Waals surface area (Å²) in [6.07, 6.45) is 0. The predicted molar refractivity (Wildman–Crippen MR) is 84.3 cm³/mol. The van der Waals surface area contributed by atoms with Gasteiger partial charge in [0.05, 0.1) is 6.04 Å². The molecule has 0 aliphatic rings. The molecule has 0 bridgehead atoms. The number of alkyl halides is 1. The number of halogens is 2. The minimum Gasteiger partial charge on any atom is -0.368 e. The third-order valence-corrected chi connectivity index (χ3v) is 4.09. The molecule has 0 aliphatic carbocycles. The molecule has 0 aliphatic heterocycles. The molecule has 1 unspecified atom stereocenters. The Morgan fingerprint density at radius 1 is 1.05 bits per heavy atom. The van der Waals surface area contributed by atoms with Crippen LogP contribution in [0.4, 0.5) is 5.69 Å². The molecule has 3 heteroatoms. The van der Waals surface area contributed by atoms with Crippen molar-refractivity contribution in [2.75, 3.05) is 11.9 Å². The van der Waals surface area contributed by atoms with E-state index in [0.29, 0.717) is 5.88 Å². The fourth-order valence-corrected chi connectivity index (χ4v) is 2.54. The quantitative estimate of drug-likeness (QED) is 0.694. The van der Waals surface area contributed by atoms with E-state index in [1.165, 1.54) is 0 Å². The number of hydrogen-bond donors (Lipinski definition) is 0. The van der Waals surface area contributed by atoms with Gasteiger partial charge in [0.1, 0.15) is 0 Å². The van der Waals surface area contributed by atoms with Gasteiger partial charge in [-0.15, -0.1) is 11.6 Å². The van der Waals surface area contributed by atoms with E-state index >= 15 is 0 Å². The summed E-state index contributed by atoms with van der Waals surface area (Å²) in [4.78, 5) is 2.21. The molecule has 2 aromatic carbocycles. The third-order valence-electron chi connectivity index (χ3n) is 3.43. The summed E-state index contributed by atoms with van der Waals surface area (Å²) in [7, 11) is 2.07. The monoisotopic (exact) mass is 293 g/mol. The summed E-state index contributed by atoms with van der Waals surface area (Å²) >= 11 is 12.1. The van der Waals surface area contributed by atoms with Crippen LogP contribution < -0.4 is 4.90 Å². The van der Waals surface area contributed by atoms with E-state index in [4.69, 9.17) is 23.2 Å². The second kappa shape index (κ2) is 6.31. The summed E-state index contributed by atoms with van der Waals surface area (Å²) in [6, 6.07) is 16.5. The first kappa shape index (κ1) is 14.2. The van der Waals surface area contributed by atoms with Crippen molar-refractivity contribution >= 4 is 28.9 Å². The van der Waals surface area contributed by atoms with Gasteiger partial charge in [0, 0.05) is 23.6 Å². The first-order valence-corrected chi connectivity index (χ1v) is 7.17. The molecule has 2 aromatic rings. The highest BCUT2D eigenvalue weighted by Gasteiger charge is 2.14. The molecule has 2 rings (SSSR count). The van der Waals surface area contributed by atoms with Crippen LogP contribution in [-0.2, 0) is 5.88 Å². The van der Waals surface area contributed by atoms with Crippen molar-refractivity contribution in [3.05, 3.63) is 64.7 Å². The summed E-state index contributed by atoms with van der Waals surface area (Å²) in [5.74, 6) is 0.546. The first-order chi connectivity index (χ1) is 9.13. The van der Waals surface area contributed by atoms with E-state index in [-0.39, 0.29) is 6.04 Å². The molecule has 0 saturated carbocycles. The lowest BCUT2D eigenvalue weighted by atomic mass is 10.1. The highest BCUT2D eigenvalue weighted by Crippen LogP contribution is 2.29. The van der Waals surface area contributed by atoms with E-state index in [2.05, 4.69) is 49.2 Å². The molecule has 0 amide bonds. The van der Waals surface area contributed by atoms with Gasteiger partial charge in [-0.25, -0.2) is 0 Å². The standard InChI is InChI=1S/C16H17Cl2N/c1-12(15-5-3-4-6-16(15)18)19(2)14-9-7-13(11-17)8-10-14/h3-10,12H,11H2,1-2H3. The van der Waals surface area contributed by atoms with Crippen LogP contribution in [0.15, 0.2) is 48.5 Å². The minimum absolute atomic E-state index is 0.218. The zero-order valence-corrected chi connectivity index (χ0v) is 12.6. The SMILES string of the molecule is CC(c1ccccc1Cl)N(C)c1ccc(CCl)cc1. The summed E-state index contributed by atoms with van der Waals surface area (Å²) in [5.41, 5.74) is 3.42. The zero-order valence-electron chi connectivity index (χ0n) is 11.1. The van der Waals surface area contributed by atoms with Crippen molar-refractivity contribution in [1.82, 2.24) is 0 Å². The summed E-state index contributed by atoms with van der Waals surface area (Å²) < 4.78 is 0. The van der Waals surface area contributed by atoms with Gasteiger partial charge in [0.25, 0.3) is 0 Å². The van der Waals surface area contributed by atoms with Gasteiger partial charge < -0.3 is 4.90 Å². The lowest BCUT2D eigenvalue weighted by molar-refractivity contribution is 0.740. The minimum atomic E-state index is 0.218. The topological polar surface area (TPSA) is 3.24 Å². The fraction of sp³-hybridized carbons (Fsp3) is 0.250. The second-order valence-electron chi connectivity index (χ2n) is 4.61. The van der Waals surface area contributed by atoms with E-state index in [1.54, 1.807) is 0 Å². The maximum atomic E-state index is 6.25. The van der Waals surface area contributed by atoms with Crippen molar-refractivity contribution in [3.8, 4) is 0 Å². The molecule has 0 heterocycles. The van der Waals surface area contributed by atoms with Crippen LogP contribution in [0.1, 0.15) is 24.1 Å². The van der Waals surface area contributed by atoms with E-state index < -0.39 is 0 Å². The van der Waals surface area contributed by atoms with Gasteiger partial charge in [0.2, 0.25) is 0 Å². The second-order valence-corrected chi connectivity index (χ2v) is 5.28. The molecule has 0 aromatic heterocycles. The van der Waals surface area contributed by atoms with Gasteiger partial charge in [0.15, 0.2) is 0 Å². The maximum absolute atomic E-state index is 6.25. The van der Waals surface area contributed by atoms with Gasteiger partial charge in [-0.1, -0.05) is 41.9 Å². The smallest absolute Gasteiger partial charge is 0.0525 e. The molecule has 1 atom stereocenters. The number of hydrogen-bond acceptors (Lipinski definition) is 1. The molecule has 1 nitrogen and oxygen atoms in total. The van der Waals surface area contributed by atoms with E-state index in [1.807, 2.05) is 18.2 Å². The third kappa shape index (κ3) is 3.23. The Labute approximate surface area is 124 Å². The lowest BCUT2D eigenvalue weighted by Crippen LogP contribution is -2.21. The Morgan fingerprint density at radius 3 is 2.26 bits per heavy atom. The van der Waals surface area contributed by atoms with Crippen LogP contribution in [-0.4, -0.2) is 7.05 Å². The van der Waals surface area contributed by atoms with Crippen molar-refractivity contribution in [1.29, 1.82) is 0 Å². The number of nitrogens with zero attached hydrogens (tertiary/aromatic N) is 1. The summed E-state index contributed by atoms with van der Waals surface area (Å²) in [5, 5.41) is 0.805. The Balaban J connectivity index is 2.23. The number of benzene rings is 2. The Hall–Kier alpha value is -1.18. The molecule has 0 saturated heterocycles. The largest absolute Gasteiger partial charge is 0.368 e. The maximum Gasteiger partial charge on any atom is 0.0525 e. The summed E-state index contributed by atoms with van der Waals surface area (Å²) in [6.45, 7) is 2.15. The van der Waals surface area contributed by atoms with Gasteiger partial charge in [-0.2, -0.15) is 0 Å². The van der Waals surface area contributed by atoms with Crippen LogP contribution in [0, 0.1) is 0 Å². The van der Waals surface area contributed by atoms with Crippen LogP contribution in [0.2, 0.25) is 5.02 Å². The van der Waals surface area contributed by atoms with E-state index in [0.717, 1.165) is 21.8 Å². The normalized spacial score (nSPS) is 12.2. The number of anilines is 1. The van der Waals surface area contributed by atoms with Crippen LogP contribution in [0.25, 0.3) is 0 Å². The van der Waals surface area contributed by atoms with Crippen molar-refractivity contribution < 1.29 is 0 Å². The molecular weight excluding hydrogens is 277 g/mol. The Kier molecular flexibility index (Phi) is 4.73. The van der Waals surface area contributed by atoms with Crippen LogP contribution in [0.5, 0.6) is 0 Å². The highest BCUT2D eigenvalue weighted by molar-refractivity contribution is 6.31. The Morgan fingerprint density at radius 2 is 1.68 bits per heavy atom. The van der Waals surface area contributed by atoms with Gasteiger partial charge >= 0.3 is 0 Å². The van der Waals surface area contributed by atoms with E-state index in [9.17, 15) is 0 Å². The van der Waals surface area contributed by atoms with Crippen molar-refractivity contribution in [3.63, 3.8) is 0 Å². The van der Waals surface area contributed by atoms with Crippen molar-refractivity contribution in [2.45, 2.75) is 18.8 Å². The molecule has 0 N–H and O–H groups in total. The lowest BCUT2D eigenvalue weighted by Gasteiger charge is -2.28. The first-order valence-electron chi connectivity index (χ1n) is 6.25. The molecule has 19 heavy (non-hydrogen) atoms. The molecule has 100 valence electrons. The zero-order chi connectivity index (χ0) is 13.8. The fourth-order valence-electron chi connectivity index (χ4n) is 2.07. The highest BCUT2D eigenvalue weighted by atomic mass is 35.5. The average Bonchev–Trinajstić information content (AvgIpc) is 2.46. The molecular formula is C16H17Cl2N. The van der Waals surface area contributed by atoms with Crippen LogP contribution >= 0.6 is 23.2 Å². The van der Waals surface area contributed by atoms with Gasteiger partial charge in [-0.3, -0.25) is 0 Å². The molecule has 0 spiro atoms. The molecule has 0 radical (unpaired) electrons. The van der Waals surface area contributed by atoms with Crippen molar-refractivity contribution in [2.24, 2.45) is 0 Å². The average molecular weight is 294 g/mol. The predicted octanol–water partition coefficient (Wildman–Crippen LogP) is 5.28. The number of rotatable bonds is 4. The van der Waals surface area contributed by atoms with Gasteiger partial charge in [-0.05, 0) is 36.2 Å².